The molecule has 0 bridgehead atoms. The molecule has 1 aliphatic rings. The van der Waals surface area contributed by atoms with Crippen LogP contribution < -0.4 is 5.32 Å². The molecular formula is C14H18N2O2S. The highest BCUT2D eigenvalue weighted by Gasteiger charge is 2.24. The van der Waals surface area contributed by atoms with Crippen molar-refractivity contribution in [2.24, 2.45) is 0 Å². The van der Waals surface area contributed by atoms with Crippen molar-refractivity contribution in [3.63, 3.8) is 0 Å². The molecular weight excluding hydrogens is 260 g/mol. The number of sulfone groups is 1. The van der Waals surface area contributed by atoms with Crippen molar-refractivity contribution < 1.29 is 8.42 Å². The van der Waals surface area contributed by atoms with Crippen molar-refractivity contribution in [3.05, 3.63) is 36.0 Å². The third kappa shape index (κ3) is 2.98. The molecule has 1 aliphatic heterocycles. The van der Waals surface area contributed by atoms with Gasteiger partial charge in [0.2, 0.25) is 0 Å². The molecule has 0 saturated carbocycles. The van der Waals surface area contributed by atoms with E-state index in [1.807, 2.05) is 12.3 Å². The van der Waals surface area contributed by atoms with Gasteiger partial charge < -0.3 is 10.3 Å². The molecule has 1 atom stereocenters. The minimum atomic E-state index is -2.83. The SMILES string of the molecule is O=S1(=O)CCCC(NCc2ccc3[nH]ccc3c2)C1. The first-order valence-electron chi connectivity index (χ1n) is 6.62. The zero-order chi connectivity index (χ0) is 13.3. The van der Waals surface area contributed by atoms with E-state index in [0.29, 0.717) is 5.75 Å². The summed E-state index contributed by atoms with van der Waals surface area (Å²) in [5.74, 6) is 0.625. The van der Waals surface area contributed by atoms with Crippen LogP contribution in [0.2, 0.25) is 0 Å². The fraction of sp³-hybridized carbons (Fsp3) is 0.429. The minimum Gasteiger partial charge on any atom is -0.361 e. The molecule has 5 heteroatoms. The Kier molecular flexibility index (Phi) is 3.33. The lowest BCUT2D eigenvalue weighted by Gasteiger charge is -2.23. The van der Waals surface area contributed by atoms with Gasteiger partial charge in [-0.15, -0.1) is 0 Å². The number of hydrogen-bond acceptors (Lipinski definition) is 3. The van der Waals surface area contributed by atoms with Gasteiger partial charge >= 0.3 is 0 Å². The number of hydrogen-bond donors (Lipinski definition) is 2. The van der Waals surface area contributed by atoms with Gasteiger partial charge in [-0.05, 0) is 42.0 Å². The number of rotatable bonds is 3. The third-order valence-electron chi connectivity index (χ3n) is 3.68. The van der Waals surface area contributed by atoms with Gasteiger partial charge in [-0.1, -0.05) is 6.07 Å². The lowest BCUT2D eigenvalue weighted by atomic mass is 10.1. The van der Waals surface area contributed by atoms with Crippen molar-refractivity contribution in [2.45, 2.75) is 25.4 Å². The second-order valence-electron chi connectivity index (χ2n) is 5.23. The Morgan fingerprint density at radius 3 is 3.05 bits per heavy atom. The summed E-state index contributed by atoms with van der Waals surface area (Å²) in [5.41, 5.74) is 2.32. The van der Waals surface area contributed by atoms with Gasteiger partial charge in [-0.3, -0.25) is 0 Å². The molecule has 2 aromatic rings. The average Bonchev–Trinajstić information content (AvgIpc) is 2.82. The van der Waals surface area contributed by atoms with Gasteiger partial charge in [0.1, 0.15) is 0 Å². The maximum Gasteiger partial charge on any atom is 0.151 e. The topological polar surface area (TPSA) is 62.0 Å². The zero-order valence-corrected chi connectivity index (χ0v) is 11.5. The number of nitrogens with one attached hydrogen (secondary N) is 2. The standard InChI is InChI=1S/C14H18N2O2S/c17-19(18)7-1-2-13(10-19)16-9-11-3-4-14-12(8-11)5-6-15-14/h3-6,8,13,15-16H,1-2,7,9-10H2. The molecule has 1 unspecified atom stereocenters. The molecule has 102 valence electrons. The van der Waals surface area contributed by atoms with E-state index in [4.69, 9.17) is 0 Å². The predicted octanol–water partition coefficient (Wildman–Crippen LogP) is 1.83. The lowest BCUT2D eigenvalue weighted by molar-refractivity contribution is 0.480. The Morgan fingerprint density at radius 2 is 2.21 bits per heavy atom. The molecule has 1 fully saturated rings. The molecule has 0 radical (unpaired) electrons. The van der Waals surface area contributed by atoms with E-state index >= 15 is 0 Å². The van der Waals surface area contributed by atoms with Crippen LogP contribution in [0, 0.1) is 0 Å². The molecule has 1 saturated heterocycles. The summed E-state index contributed by atoms with van der Waals surface area (Å²) in [6.07, 6.45) is 3.65. The van der Waals surface area contributed by atoms with Crippen molar-refractivity contribution in [2.75, 3.05) is 11.5 Å². The second-order valence-corrected chi connectivity index (χ2v) is 7.46. The lowest BCUT2D eigenvalue weighted by Crippen LogP contribution is -2.39. The van der Waals surface area contributed by atoms with Crippen LogP contribution >= 0.6 is 0 Å². The van der Waals surface area contributed by atoms with Crippen LogP contribution in [-0.4, -0.2) is 30.9 Å². The Labute approximate surface area is 113 Å². The van der Waals surface area contributed by atoms with Crippen LogP contribution in [0.3, 0.4) is 0 Å². The van der Waals surface area contributed by atoms with Crippen LogP contribution in [0.5, 0.6) is 0 Å². The van der Waals surface area contributed by atoms with Crippen molar-refractivity contribution >= 4 is 20.7 Å². The first kappa shape index (κ1) is 12.7. The van der Waals surface area contributed by atoms with Crippen LogP contribution in [0.4, 0.5) is 0 Å². The Balaban J connectivity index is 1.65. The van der Waals surface area contributed by atoms with Crippen LogP contribution in [0.15, 0.2) is 30.5 Å². The van der Waals surface area contributed by atoms with Crippen LogP contribution in [0.25, 0.3) is 10.9 Å². The maximum atomic E-state index is 11.6. The smallest absolute Gasteiger partial charge is 0.151 e. The number of fused-ring (bicyclic) bond motifs is 1. The molecule has 3 rings (SSSR count). The first-order valence-corrected chi connectivity index (χ1v) is 8.44. The highest BCUT2D eigenvalue weighted by atomic mass is 32.2. The predicted molar refractivity (Wildman–Crippen MR) is 76.8 cm³/mol. The number of aromatic amines is 1. The van der Waals surface area contributed by atoms with E-state index in [0.717, 1.165) is 24.9 Å². The van der Waals surface area contributed by atoms with E-state index in [1.54, 1.807) is 0 Å². The van der Waals surface area contributed by atoms with E-state index in [9.17, 15) is 8.42 Å². The van der Waals surface area contributed by atoms with Gasteiger partial charge in [0.25, 0.3) is 0 Å². The monoisotopic (exact) mass is 278 g/mol. The van der Waals surface area contributed by atoms with E-state index < -0.39 is 9.84 Å². The summed E-state index contributed by atoms with van der Waals surface area (Å²) < 4.78 is 23.1. The van der Waals surface area contributed by atoms with E-state index in [-0.39, 0.29) is 11.8 Å². The number of benzene rings is 1. The summed E-state index contributed by atoms with van der Waals surface area (Å²) in [6.45, 7) is 0.724. The van der Waals surface area contributed by atoms with Gasteiger partial charge in [-0.2, -0.15) is 0 Å². The van der Waals surface area contributed by atoms with Gasteiger partial charge in [0.15, 0.2) is 9.84 Å². The van der Waals surface area contributed by atoms with Gasteiger partial charge in [-0.25, -0.2) is 8.42 Å². The zero-order valence-electron chi connectivity index (χ0n) is 10.7. The van der Waals surface area contributed by atoms with Crippen molar-refractivity contribution in [3.8, 4) is 0 Å². The van der Waals surface area contributed by atoms with Crippen LogP contribution in [0.1, 0.15) is 18.4 Å². The minimum absolute atomic E-state index is 0.0978. The molecule has 1 aromatic heterocycles. The summed E-state index contributed by atoms with van der Waals surface area (Å²) in [4.78, 5) is 3.16. The Bertz CT molecular complexity index is 676. The summed E-state index contributed by atoms with van der Waals surface area (Å²) in [5, 5.41) is 4.55. The summed E-state index contributed by atoms with van der Waals surface area (Å²) >= 11 is 0. The highest BCUT2D eigenvalue weighted by Crippen LogP contribution is 2.16. The molecule has 4 nitrogen and oxygen atoms in total. The molecule has 19 heavy (non-hydrogen) atoms. The molecule has 0 aliphatic carbocycles. The average molecular weight is 278 g/mol. The van der Waals surface area contributed by atoms with E-state index in [2.05, 4.69) is 28.5 Å². The summed E-state index contributed by atoms with van der Waals surface area (Å²) in [6, 6.07) is 8.41. The molecule has 0 amide bonds. The fourth-order valence-corrected chi connectivity index (χ4v) is 4.33. The second kappa shape index (κ2) is 4.98. The Morgan fingerprint density at radius 1 is 1.32 bits per heavy atom. The van der Waals surface area contributed by atoms with E-state index in [1.165, 1.54) is 10.9 Å². The normalized spacial score (nSPS) is 22.6. The first-order chi connectivity index (χ1) is 9.12. The quantitative estimate of drug-likeness (QED) is 0.900. The number of H-pyrrole nitrogens is 1. The van der Waals surface area contributed by atoms with Crippen LogP contribution in [-0.2, 0) is 16.4 Å². The molecule has 2 heterocycles. The maximum absolute atomic E-state index is 11.6. The fourth-order valence-electron chi connectivity index (χ4n) is 2.66. The van der Waals surface area contributed by atoms with Crippen molar-refractivity contribution in [1.29, 1.82) is 0 Å². The van der Waals surface area contributed by atoms with Gasteiger partial charge in [0, 0.05) is 24.3 Å². The highest BCUT2D eigenvalue weighted by molar-refractivity contribution is 7.91. The molecule has 1 aromatic carbocycles. The third-order valence-corrected chi connectivity index (χ3v) is 5.50. The summed E-state index contributed by atoms with van der Waals surface area (Å²) in [7, 11) is -2.83. The largest absolute Gasteiger partial charge is 0.361 e. The van der Waals surface area contributed by atoms with Gasteiger partial charge in [0.05, 0.1) is 11.5 Å². The molecule has 0 spiro atoms. The van der Waals surface area contributed by atoms with Crippen molar-refractivity contribution in [1.82, 2.24) is 10.3 Å². The number of aromatic nitrogens is 1. The molecule has 2 N–H and O–H groups in total. The Hall–Kier alpha value is -1.33.